The normalized spacial score (nSPS) is 16.8. The Labute approximate surface area is 120 Å². The first-order valence-electron chi connectivity index (χ1n) is 6.88. The van der Waals surface area contributed by atoms with Gasteiger partial charge in [-0.15, -0.1) is 0 Å². The summed E-state index contributed by atoms with van der Waals surface area (Å²) in [4.78, 5) is 9.05. The number of nitrogens with two attached hydrogens (primary N) is 1. The van der Waals surface area contributed by atoms with Crippen molar-refractivity contribution in [2.75, 3.05) is 36.9 Å². The molecule has 9 heteroatoms. The van der Waals surface area contributed by atoms with Crippen LogP contribution in [0.15, 0.2) is 6.07 Å². The second kappa shape index (κ2) is 6.90. The molecular formula is C12H19F3N6. The summed E-state index contributed by atoms with van der Waals surface area (Å²) in [5.41, 5.74) is 2.12. The highest BCUT2D eigenvalue weighted by molar-refractivity contribution is 5.47. The van der Waals surface area contributed by atoms with Crippen LogP contribution in [-0.4, -0.2) is 41.0 Å². The van der Waals surface area contributed by atoms with Gasteiger partial charge in [-0.05, 0) is 25.9 Å². The Morgan fingerprint density at radius 3 is 2.43 bits per heavy atom. The fourth-order valence-electron chi connectivity index (χ4n) is 2.26. The SMILES string of the molecule is NNc1cc(NCCN2CCCCC2)nc(C(F)(F)F)n1. The van der Waals surface area contributed by atoms with Gasteiger partial charge in [0.15, 0.2) is 0 Å². The average molecular weight is 304 g/mol. The molecule has 0 bridgehead atoms. The number of nitrogen functional groups attached to an aromatic ring is 1. The number of piperidine rings is 1. The largest absolute Gasteiger partial charge is 0.451 e. The highest BCUT2D eigenvalue weighted by atomic mass is 19.4. The van der Waals surface area contributed by atoms with Crippen LogP contribution in [-0.2, 0) is 6.18 Å². The highest BCUT2D eigenvalue weighted by Crippen LogP contribution is 2.28. The smallest absolute Gasteiger partial charge is 0.369 e. The minimum absolute atomic E-state index is 0.0715. The molecule has 6 nitrogen and oxygen atoms in total. The zero-order valence-electron chi connectivity index (χ0n) is 11.6. The molecule has 0 amide bonds. The summed E-state index contributed by atoms with van der Waals surface area (Å²) >= 11 is 0. The van der Waals surface area contributed by atoms with E-state index in [0.717, 1.165) is 19.6 Å². The highest BCUT2D eigenvalue weighted by Gasteiger charge is 2.35. The van der Waals surface area contributed by atoms with Crippen LogP contribution in [0.3, 0.4) is 0 Å². The fraction of sp³-hybridized carbons (Fsp3) is 0.667. The first kappa shape index (κ1) is 15.8. The molecule has 1 aromatic rings. The van der Waals surface area contributed by atoms with E-state index in [0.29, 0.717) is 6.54 Å². The summed E-state index contributed by atoms with van der Waals surface area (Å²) in [5.74, 6) is 3.96. The third kappa shape index (κ3) is 4.71. The number of hydrogen-bond donors (Lipinski definition) is 3. The summed E-state index contributed by atoms with van der Waals surface area (Å²) in [6, 6.07) is 1.35. The van der Waals surface area contributed by atoms with Gasteiger partial charge in [-0.2, -0.15) is 13.2 Å². The van der Waals surface area contributed by atoms with Gasteiger partial charge in [0.1, 0.15) is 11.6 Å². The zero-order chi connectivity index (χ0) is 15.3. The molecule has 0 aromatic carbocycles. The number of nitrogens with one attached hydrogen (secondary N) is 2. The van der Waals surface area contributed by atoms with Crippen molar-refractivity contribution < 1.29 is 13.2 Å². The number of alkyl halides is 3. The third-order valence-electron chi connectivity index (χ3n) is 3.31. The van der Waals surface area contributed by atoms with Crippen LogP contribution < -0.4 is 16.6 Å². The van der Waals surface area contributed by atoms with Crippen LogP contribution in [0.4, 0.5) is 24.8 Å². The van der Waals surface area contributed by atoms with Gasteiger partial charge in [-0.25, -0.2) is 15.8 Å². The van der Waals surface area contributed by atoms with Crippen molar-refractivity contribution in [3.63, 3.8) is 0 Å². The number of aromatic nitrogens is 2. The topological polar surface area (TPSA) is 79.1 Å². The first-order chi connectivity index (χ1) is 9.99. The molecule has 2 rings (SSSR count). The fourth-order valence-corrected chi connectivity index (χ4v) is 2.26. The second-order valence-corrected chi connectivity index (χ2v) is 4.93. The van der Waals surface area contributed by atoms with Gasteiger partial charge in [-0.3, -0.25) is 0 Å². The Kier molecular flexibility index (Phi) is 5.18. The van der Waals surface area contributed by atoms with Gasteiger partial charge in [0.2, 0.25) is 5.82 Å². The number of rotatable bonds is 5. The predicted octanol–water partition coefficient (Wildman–Crippen LogP) is 1.68. The molecule has 21 heavy (non-hydrogen) atoms. The Bertz CT molecular complexity index is 459. The molecule has 0 aliphatic carbocycles. The number of hydrogen-bond acceptors (Lipinski definition) is 6. The van der Waals surface area contributed by atoms with Gasteiger partial charge < -0.3 is 15.6 Å². The molecular weight excluding hydrogens is 285 g/mol. The molecule has 0 spiro atoms. The van der Waals surface area contributed by atoms with Crippen molar-refractivity contribution in [3.05, 3.63) is 11.9 Å². The van der Waals surface area contributed by atoms with E-state index in [-0.39, 0.29) is 11.6 Å². The lowest BCUT2D eigenvalue weighted by Gasteiger charge is -2.26. The van der Waals surface area contributed by atoms with Gasteiger partial charge >= 0.3 is 6.18 Å². The van der Waals surface area contributed by atoms with Crippen LogP contribution >= 0.6 is 0 Å². The van der Waals surface area contributed by atoms with Crippen LogP contribution in [0, 0.1) is 0 Å². The number of anilines is 2. The monoisotopic (exact) mass is 304 g/mol. The second-order valence-electron chi connectivity index (χ2n) is 4.93. The Balaban J connectivity index is 1.95. The molecule has 118 valence electrons. The van der Waals surface area contributed by atoms with Crippen molar-refractivity contribution in [2.24, 2.45) is 5.84 Å². The quantitative estimate of drug-likeness (QED) is 0.567. The molecule has 1 aromatic heterocycles. The maximum Gasteiger partial charge on any atom is 0.451 e. The number of nitrogens with zero attached hydrogens (tertiary/aromatic N) is 3. The van der Waals surface area contributed by atoms with E-state index in [2.05, 4.69) is 25.6 Å². The maximum atomic E-state index is 12.7. The minimum atomic E-state index is -4.60. The van der Waals surface area contributed by atoms with Crippen molar-refractivity contribution in [1.82, 2.24) is 14.9 Å². The van der Waals surface area contributed by atoms with Gasteiger partial charge in [0.25, 0.3) is 0 Å². The molecule has 1 aliphatic heterocycles. The zero-order valence-corrected chi connectivity index (χ0v) is 11.6. The third-order valence-corrected chi connectivity index (χ3v) is 3.31. The number of likely N-dealkylation sites (tertiary alicyclic amines) is 1. The van der Waals surface area contributed by atoms with Gasteiger partial charge in [0.05, 0.1) is 0 Å². The van der Waals surface area contributed by atoms with Gasteiger partial charge in [-0.1, -0.05) is 6.42 Å². The van der Waals surface area contributed by atoms with E-state index in [9.17, 15) is 13.2 Å². The molecule has 0 atom stereocenters. The number of hydrazine groups is 1. The van der Waals surface area contributed by atoms with Crippen LogP contribution in [0.5, 0.6) is 0 Å². The lowest BCUT2D eigenvalue weighted by Crippen LogP contribution is -2.33. The van der Waals surface area contributed by atoms with Crippen molar-refractivity contribution in [2.45, 2.75) is 25.4 Å². The summed E-state index contributed by atoms with van der Waals surface area (Å²) in [5, 5.41) is 2.89. The summed E-state index contributed by atoms with van der Waals surface area (Å²) in [6.45, 7) is 3.37. The summed E-state index contributed by atoms with van der Waals surface area (Å²) in [7, 11) is 0. The van der Waals surface area contributed by atoms with Crippen molar-refractivity contribution in [1.29, 1.82) is 0 Å². The maximum absolute atomic E-state index is 12.7. The molecule has 1 saturated heterocycles. The molecule has 1 aliphatic rings. The Morgan fingerprint density at radius 2 is 1.81 bits per heavy atom. The van der Waals surface area contributed by atoms with Gasteiger partial charge in [0, 0.05) is 19.2 Å². The molecule has 4 N–H and O–H groups in total. The van der Waals surface area contributed by atoms with Crippen molar-refractivity contribution in [3.8, 4) is 0 Å². The van der Waals surface area contributed by atoms with Crippen LogP contribution in [0.25, 0.3) is 0 Å². The van der Waals surface area contributed by atoms with E-state index in [4.69, 9.17) is 5.84 Å². The summed E-state index contributed by atoms with van der Waals surface area (Å²) in [6.07, 6.45) is -1.01. The molecule has 2 heterocycles. The molecule has 0 unspecified atom stereocenters. The van der Waals surface area contributed by atoms with E-state index in [1.165, 1.54) is 25.3 Å². The standard InChI is InChI=1S/C12H19F3N6/c13-12(14,15)11-18-9(8-10(19-11)20-16)17-4-7-21-5-2-1-3-6-21/h8H,1-7,16H2,(H2,17,18,19,20). The van der Waals surface area contributed by atoms with Crippen molar-refractivity contribution >= 4 is 11.6 Å². The lowest BCUT2D eigenvalue weighted by atomic mass is 10.1. The average Bonchev–Trinajstić information content (AvgIpc) is 2.47. The molecule has 0 saturated carbocycles. The van der Waals surface area contributed by atoms with E-state index in [1.807, 2.05) is 0 Å². The van der Waals surface area contributed by atoms with E-state index >= 15 is 0 Å². The predicted molar refractivity (Wildman–Crippen MR) is 73.6 cm³/mol. The Hall–Kier alpha value is -1.61. The molecule has 0 radical (unpaired) electrons. The molecule has 1 fully saturated rings. The Morgan fingerprint density at radius 1 is 1.14 bits per heavy atom. The lowest BCUT2D eigenvalue weighted by molar-refractivity contribution is -0.144. The summed E-state index contributed by atoms with van der Waals surface area (Å²) < 4.78 is 38.0. The van der Waals surface area contributed by atoms with Crippen LogP contribution in [0.1, 0.15) is 25.1 Å². The number of halogens is 3. The minimum Gasteiger partial charge on any atom is -0.369 e. The van der Waals surface area contributed by atoms with E-state index < -0.39 is 12.0 Å². The van der Waals surface area contributed by atoms with E-state index in [1.54, 1.807) is 0 Å². The van der Waals surface area contributed by atoms with Crippen LogP contribution in [0.2, 0.25) is 0 Å². The first-order valence-corrected chi connectivity index (χ1v) is 6.88.